The number of rotatable bonds is 9. The fourth-order valence-corrected chi connectivity index (χ4v) is 4.21. The van der Waals surface area contributed by atoms with Crippen molar-refractivity contribution in [2.24, 2.45) is 11.8 Å². The van der Waals surface area contributed by atoms with Gasteiger partial charge in [0.25, 0.3) is 5.91 Å². The van der Waals surface area contributed by atoms with E-state index in [0.717, 1.165) is 12.0 Å². The Hall–Kier alpha value is -3.22. The summed E-state index contributed by atoms with van der Waals surface area (Å²) in [6, 6.07) is 12.6. The number of ether oxygens (including phenoxy) is 3. The Kier molecular flexibility index (Phi) is 8.20. The third-order valence-corrected chi connectivity index (χ3v) is 6.14. The van der Waals surface area contributed by atoms with E-state index in [0.29, 0.717) is 48.4 Å². The molecule has 1 saturated heterocycles. The summed E-state index contributed by atoms with van der Waals surface area (Å²) < 4.78 is 16.1. The van der Waals surface area contributed by atoms with Gasteiger partial charge in [0.15, 0.2) is 0 Å². The van der Waals surface area contributed by atoms with Gasteiger partial charge in [0.2, 0.25) is 5.91 Å². The van der Waals surface area contributed by atoms with Gasteiger partial charge in [-0.2, -0.15) is 0 Å². The maximum absolute atomic E-state index is 13.3. The minimum atomic E-state index is -0.373. The standard InChI is InChI=1S/C26H34N2O5/c1-17(2)12-13-27-25(29)23-16-28(26(30)18-6-8-19(31-3)9-7-18)15-22(23)21-11-10-20(32-4)14-24(21)33-5/h6-11,14,17,22-23H,12-13,15-16H2,1-5H3,(H,27,29). The topological polar surface area (TPSA) is 77.1 Å². The first kappa shape index (κ1) is 24.4. The van der Waals surface area contributed by atoms with Crippen LogP contribution in [0.2, 0.25) is 0 Å². The molecule has 178 valence electrons. The van der Waals surface area contributed by atoms with Gasteiger partial charge in [-0.05, 0) is 42.7 Å². The molecule has 1 N–H and O–H groups in total. The van der Waals surface area contributed by atoms with E-state index in [1.807, 2.05) is 18.2 Å². The van der Waals surface area contributed by atoms with Crippen LogP contribution >= 0.6 is 0 Å². The Balaban J connectivity index is 1.87. The number of amides is 2. The van der Waals surface area contributed by atoms with Gasteiger partial charge in [-0.1, -0.05) is 19.9 Å². The number of carbonyl (C=O) groups is 2. The molecular formula is C26H34N2O5. The van der Waals surface area contributed by atoms with Gasteiger partial charge in [0.05, 0.1) is 27.2 Å². The summed E-state index contributed by atoms with van der Waals surface area (Å²) in [4.78, 5) is 28.2. The van der Waals surface area contributed by atoms with Crippen molar-refractivity contribution in [1.29, 1.82) is 0 Å². The number of nitrogens with zero attached hydrogens (tertiary/aromatic N) is 1. The van der Waals surface area contributed by atoms with Gasteiger partial charge in [0.1, 0.15) is 17.2 Å². The first-order chi connectivity index (χ1) is 15.9. The highest BCUT2D eigenvalue weighted by Crippen LogP contribution is 2.39. The van der Waals surface area contributed by atoms with Gasteiger partial charge in [0, 0.05) is 42.7 Å². The largest absolute Gasteiger partial charge is 0.497 e. The van der Waals surface area contributed by atoms with Crippen molar-refractivity contribution in [2.45, 2.75) is 26.2 Å². The minimum Gasteiger partial charge on any atom is -0.497 e. The summed E-state index contributed by atoms with van der Waals surface area (Å²) in [6.07, 6.45) is 0.906. The zero-order valence-corrected chi connectivity index (χ0v) is 20.1. The SMILES string of the molecule is COc1ccc(C(=O)N2CC(C(=O)NCCC(C)C)C(c3ccc(OC)cc3OC)C2)cc1. The molecule has 1 aliphatic rings. The van der Waals surface area contributed by atoms with Crippen molar-refractivity contribution in [3.05, 3.63) is 53.6 Å². The van der Waals surface area contributed by atoms with Crippen LogP contribution in [-0.4, -0.2) is 57.7 Å². The van der Waals surface area contributed by atoms with E-state index < -0.39 is 0 Å². The fraction of sp³-hybridized carbons (Fsp3) is 0.462. The maximum Gasteiger partial charge on any atom is 0.253 e. The van der Waals surface area contributed by atoms with E-state index in [4.69, 9.17) is 14.2 Å². The number of nitrogens with one attached hydrogen (secondary N) is 1. The molecule has 1 heterocycles. The maximum atomic E-state index is 13.3. The Labute approximate surface area is 196 Å². The lowest BCUT2D eigenvalue weighted by Crippen LogP contribution is -2.36. The second-order valence-electron chi connectivity index (χ2n) is 8.73. The molecule has 0 bridgehead atoms. The summed E-state index contributed by atoms with van der Waals surface area (Å²) in [6.45, 7) is 5.64. The van der Waals surface area contributed by atoms with Crippen LogP contribution < -0.4 is 19.5 Å². The molecule has 2 amide bonds. The van der Waals surface area contributed by atoms with Crippen molar-refractivity contribution in [3.63, 3.8) is 0 Å². The van der Waals surface area contributed by atoms with Gasteiger partial charge < -0.3 is 24.4 Å². The Morgan fingerprint density at radius 1 is 0.970 bits per heavy atom. The van der Waals surface area contributed by atoms with Crippen LogP contribution in [0.1, 0.15) is 42.1 Å². The number of carbonyl (C=O) groups excluding carboxylic acids is 2. The van der Waals surface area contributed by atoms with Crippen LogP contribution in [0, 0.1) is 11.8 Å². The van der Waals surface area contributed by atoms with Crippen molar-refractivity contribution in [2.75, 3.05) is 41.0 Å². The summed E-state index contributed by atoms with van der Waals surface area (Å²) in [5.74, 6) is 1.82. The molecule has 2 aromatic carbocycles. The van der Waals surface area contributed by atoms with E-state index in [1.165, 1.54) is 0 Å². The van der Waals surface area contributed by atoms with Gasteiger partial charge >= 0.3 is 0 Å². The number of methoxy groups -OCH3 is 3. The van der Waals surface area contributed by atoms with Crippen LogP contribution in [-0.2, 0) is 4.79 Å². The van der Waals surface area contributed by atoms with Crippen molar-refractivity contribution in [3.8, 4) is 17.2 Å². The van der Waals surface area contributed by atoms with Crippen LogP contribution in [0.5, 0.6) is 17.2 Å². The second kappa shape index (κ2) is 11.1. The summed E-state index contributed by atoms with van der Waals surface area (Å²) in [7, 11) is 4.79. The molecule has 0 saturated carbocycles. The minimum absolute atomic E-state index is 0.0384. The number of hydrogen-bond donors (Lipinski definition) is 1. The van der Waals surface area contributed by atoms with Crippen LogP contribution in [0.3, 0.4) is 0 Å². The van der Waals surface area contributed by atoms with Crippen molar-refractivity contribution in [1.82, 2.24) is 10.2 Å². The molecule has 0 aromatic heterocycles. The molecule has 0 aliphatic carbocycles. The highest BCUT2D eigenvalue weighted by Gasteiger charge is 2.41. The third kappa shape index (κ3) is 5.78. The molecule has 7 heteroatoms. The highest BCUT2D eigenvalue weighted by molar-refractivity contribution is 5.95. The number of likely N-dealkylation sites (tertiary alicyclic amines) is 1. The van der Waals surface area contributed by atoms with E-state index in [1.54, 1.807) is 50.5 Å². The van der Waals surface area contributed by atoms with E-state index in [9.17, 15) is 9.59 Å². The highest BCUT2D eigenvalue weighted by atomic mass is 16.5. The second-order valence-corrected chi connectivity index (χ2v) is 8.73. The Morgan fingerprint density at radius 3 is 2.24 bits per heavy atom. The summed E-state index contributed by atoms with van der Waals surface area (Å²) >= 11 is 0. The summed E-state index contributed by atoms with van der Waals surface area (Å²) in [5, 5.41) is 3.07. The smallest absolute Gasteiger partial charge is 0.253 e. The average Bonchev–Trinajstić information content (AvgIpc) is 3.28. The van der Waals surface area contributed by atoms with E-state index in [2.05, 4.69) is 19.2 Å². The predicted molar refractivity (Wildman–Crippen MR) is 127 cm³/mol. The van der Waals surface area contributed by atoms with Gasteiger partial charge in [-0.15, -0.1) is 0 Å². The average molecular weight is 455 g/mol. The van der Waals surface area contributed by atoms with Crippen LogP contribution in [0.15, 0.2) is 42.5 Å². The quantitative estimate of drug-likeness (QED) is 0.625. The lowest BCUT2D eigenvalue weighted by molar-refractivity contribution is -0.124. The van der Waals surface area contributed by atoms with Crippen molar-refractivity contribution >= 4 is 11.8 Å². The zero-order chi connectivity index (χ0) is 24.0. The van der Waals surface area contributed by atoms with Crippen LogP contribution in [0.25, 0.3) is 0 Å². The molecule has 1 fully saturated rings. The molecule has 7 nitrogen and oxygen atoms in total. The first-order valence-electron chi connectivity index (χ1n) is 11.3. The molecule has 33 heavy (non-hydrogen) atoms. The molecular weight excluding hydrogens is 420 g/mol. The molecule has 2 atom stereocenters. The molecule has 2 unspecified atom stereocenters. The molecule has 3 rings (SSSR count). The van der Waals surface area contributed by atoms with E-state index in [-0.39, 0.29) is 23.7 Å². The molecule has 0 radical (unpaired) electrons. The third-order valence-electron chi connectivity index (χ3n) is 6.14. The van der Waals surface area contributed by atoms with E-state index >= 15 is 0 Å². The Morgan fingerprint density at radius 2 is 1.64 bits per heavy atom. The normalized spacial score (nSPS) is 17.7. The zero-order valence-electron chi connectivity index (χ0n) is 20.1. The van der Waals surface area contributed by atoms with Crippen LogP contribution in [0.4, 0.5) is 0 Å². The molecule has 2 aromatic rings. The van der Waals surface area contributed by atoms with Crippen molar-refractivity contribution < 1.29 is 23.8 Å². The fourth-order valence-electron chi connectivity index (χ4n) is 4.21. The number of hydrogen-bond acceptors (Lipinski definition) is 5. The van der Waals surface area contributed by atoms with Gasteiger partial charge in [-0.3, -0.25) is 9.59 Å². The Bertz CT molecular complexity index is 958. The monoisotopic (exact) mass is 454 g/mol. The van der Waals surface area contributed by atoms with Gasteiger partial charge in [-0.25, -0.2) is 0 Å². The molecule has 0 spiro atoms. The summed E-state index contributed by atoms with van der Waals surface area (Å²) in [5.41, 5.74) is 1.46. The predicted octanol–water partition coefficient (Wildman–Crippen LogP) is 3.73. The number of benzene rings is 2. The molecule has 1 aliphatic heterocycles. The lowest BCUT2D eigenvalue weighted by Gasteiger charge is -2.21. The lowest BCUT2D eigenvalue weighted by atomic mass is 9.87. The first-order valence-corrected chi connectivity index (χ1v) is 11.3.